The van der Waals surface area contributed by atoms with Crippen LogP contribution in [-0.2, 0) is 11.2 Å². The Morgan fingerprint density at radius 2 is 2.11 bits per heavy atom. The van der Waals surface area contributed by atoms with Crippen LogP contribution in [0.25, 0.3) is 0 Å². The summed E-state index contributed by atoms with van der Waals surface area (Å²) in [6.07, 6.45) is 0.967. The van der Waals surface area contributed by atoms with Crippen molar-refractivity contribution in [1.82, 2.24) is 10.2 Å². The van der Waals surface area contributed by atoms with Gasteiger partial charge in [-0.15, -0.1) is 21.5 Å². The van der Waals surface area contributed by atoms with Crippen LogP contribution in [0.15, 0.2) is 40.1 Å². The van der Waals surface area contributed by atoms with Gasteiger partial charge < -0.3 is 10.6 Å². The van der Waals surface area contributed by atoms with Crippen LogP contribution < -0.4 is 10.6 Å². The smallest absolute Gasteiger partial charge is 0.237 e. The van der Waals surface area contributed by atoms with Crippen LogP contribution in [0, 0.1) is 13.8 Å². The molecule has 0 radical (unpaired) electrons. The van der Waals surface area contributed by atoms with Crippen molar-refractivity contribution < 1.29 is 4.79 Å². The Kier molecular flexibility index (Phi) is 6.87. The zero-order valence-electron chi connectivity index (χ0n) is 15.5. The Balaban J connectivity index is 1.50. The highest BCUT2D eigenvalue weighted by Crippen LogP contribution is 2.29. The zero-order valence-corrected chi connectivity index (χ0v) is 17.9. The molecule has 142 valence electrons. The third-order valence-electron chi connectivity index (χ3n) is 3.93. The second kappa shape index (κ2) is 9.34. The molecule has 1 aromatic carbocycles. The van der Waals surface area contributed by atoms with E-state index in [0.717, 1.165) is 39.3 Å². The van der Waals surface area contributed by atoms with E-state index in [9.17, 15) is 4.79 Å². The summed E-state index contributed by atoms with van der Waals surface area (Å²) in [5.41, 5.74) is 3.04. The standard InChI is InChI=1S/C19H22N4OS3/c1-12-6-7-13(2)16(11-12)21-17(24)14(3)26-19-23-22-18(27-19)20-9-8-15-5-4-10-25-15/h4-7,10-11,14H,8-9H2,1-3H3,(H,20,22)(H,21,24). The van der Waals surface area contributed by atoms with Crippen molar-refractivity contribution in [3.63, 3.8) is 0 Å². The van der Waals surface area contributed by atoms with E-state index < -0.39 is 0 Å². The normalized spacial score (nSPS) is 12.0. The van der Waals surface area contributed by atoms with Crippen LogP contribution in [0.5, 0.6) is 0 Å². The summed E-state index contributed by atoms with van der Waals surface area (Å²) < 4.78 is 0.789. The summed E-state index contributed by atoms with van der Waals surface area (Å²) in [7, 11) is 0. The van der Waals surface area contributed by atoms with E-state index >= 15 is 0 Å². The number of amides is 1. The molecule has 0 spiro atoms. The van der Waals surface area contributed by atoms with E-state index in [2.05, 4.69) is 38.3 Å². The van der Waals surface area contributed by atoms with Gasteiger partial charge in [-0.3, -0.25) is 4.79 Å². The monoisotopic (exact) mass is 418 g/mol. The highest BCUT2D eigenvalue weighted by Gasteiger charge is 2.18. The number of benzene rings is 1. The Bertz CT molecular complexity index is 892. The van der Waals surface area contributed by atoms with Crippen LogP contribution >= 0.6 is 34.4 Å². The molecule has 1 unspecified atom stereocenters. The van der Waals surface area contributed by atoms with E-state index in [-0.39, 0.29) is 11.2 Å². The Morgan fingerprint density at radius 1 is 1.26 bits per heavy atom. The molecule has 2 N–H and O–H groups in total. The molecule has 8 heteroatoms. The number of thiophene rings is 1. The van der Waals surface area contributed by atoms with Gasteiger partial charge in [-0.05, 0) is 55.8 Å². The SMILES string of the molecule is Cc1ccc(C)c(NC(=O)C(C)Sc2nnc(NCCc3cccs3)s2)c1. The molecule has 0 aliphatic carbocycles. The van der Waals surface area contributed by atoms with Gasteiger partial charge in [-0.2, -0.15) is 0 Å². The lowest BCUT2D eigenvalue weighted by atomic mass is 10.1. The molecular weight excluding hydrogens is 396 g/mol. The van der Waals surface area contributed by atoms with Crippen molar-refractivity contribution in [2.45, 2.75) is 36.8 Å². The second-order valence-corrected chi connectivity index (χ2v) is 9.79. The van der Waals surface area contributed by atoms with Gasteiger partial charge in [0.15, 0.2) is 4.34 Å². The quantitative estimate of drug-likeness (QED) is 0.505. The maximum Gasteiger partial charge on any atom is 0.237 e. The van der Waals surface area contributed by atoms with Gasteiger partial charge in [-0.25, -0.2) is 0 Å². The van der Waals surface area contributed by atoms with Crippen LogP contribution in [0.1, 0.15) is 22.9 Å². The molecule has 3 aromatic rings. The first-order chi connectivity index (χ1) is 13.0. The summed E-state index contributed by atoms with van der Waals surface area (Å²) in [4.78, 5) is 13.8. The molecule has 0 saturated heterocycles. The van der Waals surface area contributed by atoms with E-state index in [0.29, 0.717) is 0 Å². The van der Waals surface area contributed by atoms with Crippen LogP contribution in [0.2, 0.25) is 0 Å². The second-order valence-electron chi connectivity index (χ2n) is 6.20. The molecule has 27 heavy (non-hydrogen) atoms. The summed E-state index contributed by atoms with van der Waals surface area (Å²) in [6.45, 7) is 6.71. The third kappa shape index (κ3) is 5.79. The highest BCUT2D eigenvalue weighted by molar-refractivity contribution is 8.02. The molecule has 3 rings (SSSR count). The molecule has 0 bridgehead atoms. The fraction of sp³-hybridized carbons (Fsp3) is 0.316. The number of hydrogen-bond acceptors (Lipinski definition) is 7. The Labute approximate surface area is 171 Å². The molecule has 0 saturated carbocycles. The van der Waals surface area contributed by atoms with Crippen LogP contribution in [0.4, 0.5) is 10.8 Å². The van der Waals surface area contributed by atoms with E-state index in [1.807, 2.05) is 39.0 Å². The molecule has 5 nitrogen and oxygen atoms in total. The Hall–Kier alpha value is -1.90. The summed E-state index contributed by atoms with van der Waals surface area (Å²) in [5, 5.41) is 17.3. The van der Waals surface area contributed by atoms with E-state index in [1.165, 1.54) is 28.0 Å². The van der Waals surface area contributed by atoms with Gasteiger partial charge in [0.05, 0.1) is 5.25 Å². The maximum atomic E-state index is 12.5. The number of carbonyl (C=O) groups is 1. The van der Waals surface area contributed by atoms with Crippen molar-refractivity contribution in [2.24, 2.45) is 0 Å². The van der Waals surface area contributed by atoms with Gasteiger partial charge in [0.2, 0.25) is 11.0 Å². The van der Waals surface area contributed by atoms with Gasteiger partial charge in [0.1, 0.15) is 0 Å². The number of hydrogen-bond donors (Lipinski definition) is 2. The lowest BCUT2D eigenvalue weighted by Crippen LogP contribution is -2.22. The Morgan fingerprint density at radius 3 is 2.89 bits per heavy atom. The van der Waals surface area contributed by atoms with Crippen LogP contribution in [0.3, 0.4) is 0 Å². The topological polar surface area (TPSA) is 66.9 Å². The number of anilines is 2. The average molecular weight is 419 g/mol. The first-order valence-corrected chi connectivity index (χ1v) is 11.2. The lowest BCUT2D eigenvalue weighted by Gasteiger charge is -2.12. The molecule has 1 amide bonds. The van der Waals surface area contributed by atoms with Crippen molar-refractivity contribution in [3.05, 3.63) is 51.7 Å². The molecule has 0 aliphatic heterocycles. The highest BCUT2D eigenvalue weighted by atomic mass is 32.2. The van der Waals surface area contributed by atoms with Gasteiger partial charge >= 0.3 is 0 Å². The maximum absolute atomic E-state index is 12.5. The number of aromatic nitrogens is 2. The van der Waals surface area contributed by atoms with Gasteiger partial charge in [0.25, 0.3) is 0 Å². The van der Waals surface area contributed by atoms with E-state index in [1.54, 1.807) is 11.3 Å². The van der Waals surface area contributed by atoms with Crippen LogP contribution in [-0.4, -0.2) is 27.9 Å². The number of aryl methyl sites for hydroxylation is 2. The molecule has 1 atom stereocenters. The average Bonchev–Trinajstić information content (AvgIpc) is 3.30. The lowest BCUT2D eigenvalue weighted by molar-refractivity contribution is -0.115. The first kappa shape index (κ1) is 19.9. The fourth-order valence-corrected chi connectivity index (χ4v) is 5.02. The number of nitrogens with one attached hydrogen (secondary N) is 2. The minimum Gasteiger partial charge on any atom is -0.360 e. The largest absolute Gasteiger partial charge is 0.360 e. The minimum absolute atomic E-state index is 0.0314. The van der Waals surface area contributed by atoms with Gasteiger partial charge in [0, 0.05) is 17.1 Å². The minimum atomic E-state index is -0.253. The van der Waals surface area contributed by atoms with Crippen molar-refractivity contribution in [3.8, 4) is 0 Å². The molecule has 2 heterocycles. The summed E-state index contributed by atoms with van der Waals surface area (Å²) in [5.74, 6) is -0.0314. The van der Waals surface area contributed by atoms with Gasteiger partial charge in [-0.1, -0.05) is 41.3 Å². The van der Waals surface area contributed by atoms with E-state index in [4.69, 9.17) is 0 Å². The number of carbonyl (C=O) groups excluding carboxylic acids is 1. The molecule has 0 aliphatic rings. The number of rotatable bonds is 8. The predicted octanol–water partition coefficient (Wildman–Crippen LogP) is 4.99. The molecule has 0 fully saturated rings. The van der Waals surface area contributed by atoms with Crippen molar-refractivity contribution >= 4 is 51.2 Å². The zero-order chi connectivity index (χ0) is 19.2. The summed E-state index contributed by atoms with van der Waals surface area (Å²) in [6, 6.07) is 10.2. The fourth-order valence-electron chi connectivity index (χ4n) is 2.39. The number of nitrogens with zero attached hydrogens (tertiary/aromatic N) is 2. The van der Waals surface area contributed by atoms with Crippen molar-refractivity contribution in [1.29, 1.82) is 0 Å². The predicted molar refractivity (Wildman–Crippen MR) is 116 cm³/mol. The summed E-state index contributed by atoms with van der Waals surface area (Å²) >= 11 is 4.66. The third-order valence-corrected chi connectivity index (χ3v) is 6.93. The first-order valence-electron chi connectivity index (χ1n) is 8.66. The number of thioether (sulfide) groups is 1. The van der Waals surface area contributed by atoms with Crippen molar-refractivity contribution in [2.75, 3.05) is 17.2 Å². The molecular formula is C19H22N4OS3. The molecule has 2 aromatic heterocycles.